The van der Waals surface area contributed by atoms with Gasteiger partial charge in [-0.15, -0.1) is 6.58 Å². The first-order valence-corrected chi connectivity index (χ1v) is 5.71. The Morgan fingerprint density at radius 1 is 1.39 bits per heavy atom. The molecule has 0 fully saturated rings. The van der Waals surface area contributed by atoms with Gasteiger partial charge in [0.05, 0.1) is 7.11 Å². The van der Waals surface area contributed by atoms with Gasteiger partial charge >= 0.3 is 5.97 Å². The number of hydrogen-bond donors (Lipinski definition) is 0. The molecule has 0 spiro atoms. The molecule has 0 amide bonds. The molecule has 0 aromatic heterocycles. The minimum absolute atomic E-state index is 0.374. The molecule has 1 aliphatic heterocycles. The van der Waals surface area contributed by atoms with Crippen LogP contribution in [0, 0.1) is 0 Å². The van der Waals surface area contributed by atoms with E-state index in [0.717, 1.165) is 5.56 Å². The zero-order chi connectivity index (χ0) is 13.3. The van der Waals surface area contributed by atoms with E-state index in [-0.39, 0.29) is 5.97 Å². The van der Waals surface area contributed by atoms with Crippen LogP contribution in [0.4, 0.5) is 0 Å². The summed E-state index contributed by atoms with van der Waals surface area (Å²) in [5.41, 5.74) is 1.25. The molecule has 0 radical (unpaired) electrons. The number of ether oxygens (including phenoxy) is 3. The van der Waals surface area contributed by atoms with Gasteiger partial charge in [-0.3, -0.25) is 0 Å². The second-order valence-corrected chi connectivity index (χ2v) is 4.54. The first kappa shape index (κ1) is 12.5. The molecule has 1 heterocycles. The first-order chi connectivity index (χ1) is 8.46. The standard InChI is InChI=1S/C14H16O4/c1-5-6-9-7-10(16-4)8-11-12(9)13(15)18-14(2,3)17-11/h5,7-8H,1,6H2,2-4H3. The number of cyclic esters (lactones) is 1. The summed E-state index contributed by atoms with van der Waals surface area (Å²) in [5, 5.41) is 0. The van der Waals surface area contributed by atoms with E-state index in [0.29, 0.717) is 23.5 Å². The number of benzene rings is 1. The van der Waals surface area contributed by atoms with Gasteiger partial charge in [-0.1, -0.05) is 6.08 Å². The Balaban J connectivity index is 2.58. The molecular weight excluding hydrogens is 232 g/mol. The van der Waals surface area contributed by atoms with E-state index in [1.165, 1.54) is 0 Å². The largest absolute Gasteiger partial charge is 0.497 e. The van der Waals surface area contributed by atoms with Crippen molar-refractivity contribution in [3.8, 4) is 11.5 Å². The maximum Gasteiger partial charge on any atom is 0.345 e. The van der Waals surface area contributed by atoms with Crippen molar-refractivity contribution >= 4 is 5.97 Å². The third-order valence-electron chi connectivity index (χ3n) is 2.66. The van der Waals surface area contributed by atoms with Gasteiger partial charge in [0.25, 0.3) is 0 Å². The lowest BCUT2D eigenvalue weighted by molar-refractivity contribution is -0.127. The molecule has 1 aliphatic rings. The molecule has 0 bridgehead atoms. The zero-order valence-corrected chi connectivity index (χ0v) is 10.8. The van der Waals surface area contributed by atoms with Crippen molar-refractivity contribution in [2.75, 3.05) is 7.11 Å². The average Bonchev–Trinajstić information content (AvgIpc) is 2.26. The molecule has 2 rings (SSSR count). The van der Waals surface area contributed by atoms with Gasteiger partial charge < -0.3 is 14.2 Å². The van der Waals surface area contributed by atoms with Crippen molar-refractivity contribution in [3.63, 3.8) is 0 Å². The minimum atomic E-state index is -0.956. The minimum Gasteiger partial charge on any atom is -0.497 e. The number of hydrogen-bond acceptors (Lipinski definition) is 4. The SMILES string of the molecule is C=CCc1cc(OC)cc2c1C(=O)OC(C)(C)O2. The van der Waals surface area contributed by atoms with Gasteiger partial charge in [-0.05, 0) is 18.1 Å². The van der Waals surface area contributed by atoms with Gasteiger partial charge in [0, 0.05) is 19.9 Å². The third kappa shape index (κ3) is 2.18. The van der Waals surface area contributed by atoms with Crippen LogP contribution in [-0.4, -0.2) is 18.9 Å². The number of rotatable bonds is 3. The fourth-order valence-electron chi connectivity index (χ4n) is 1.95. The third-order valence-corrected chi connectivity index (χ3v) is 2.66. The van der Waals surface area contributed by atoms with E-state index >= 15 is 0 Å². The second-order valence-electron chi connectivity index (χ2n) is 4.54. The van der Waals surface area contributed by atoms with Gasteiger partial charge in [-0.2, -0.15) is 0 Å². The summed E-state index contributed by atoms with van der Waals surface area (Å²) < 4.78 is 16.1. The molecule has 96 valence electrons. The van der Waals surface area contributed by atoms with E-state index in [9.17, 15) is 4.79 Å². The summed E-state index contributed by atoms with van der Waals surface area (Å²) in [5.74, 6) is -0.189. The summed E-state index contributed by atoms with van der Waals surface area (Å²) in [6.07, 6.45) is 2.28. The van der Waals surface area contributed by atoms with Crippen molar-refractivity contribution in [1.29, 1.82) is 0 Å². The Kier molecular flexibility index (Phi) is 3.03. The molecule has 0 atom stereocenters. The molecule has 0 aliphatic carbocycles. The highest BCUT2D eigenvalue weighted by Crippen LogP contribution is 2.36. The Morgan fingerprint density at radius 2 is 2.11 bits per heavy atom. The van der Waals surface area contributed by atoms with Crippen LogP contribution in [0.1, 0.15) is 29.8 Å². The molecular formula is C14H16O4. The molecule has 0 saturated carbocycles. The summed E-state index contributed by atoms with van der Waals surface area (Å²) in [6.45, 7) is 7.07. The second kappa shape index (κ2) is 4.37. The van der Waals surface area contributed by atoms with Crippen molar-refractivity contribution in [2.45, 2.75) is 26.1 Å². The molecule has 4 heteroatoms. The predicted octanol–water partition coefficient (Wildman–Crippen LogP) is 2.71. The highest BCUT2D eigenvalue weighted by Gasteiger charge is 2.35. The van der Waals surface area contributed by atoms with E-state index < -0.39 is 5.79 Å². The van der Waals surface area contributed by atoms with Crippen LogP contribution in [0.15, 0.2) is 24.8 Å². The Bertz CT molecular complexity index is 503. The van der Waals surface area contributed by atoms with E-state index in [1.807, 2.05) is 0 Å². The van der Waals surface area contributed by atoms with Crippen molar-refractivity contribution in [2.24, 2.45) is 0 Å². The molecule has 0 N–H and O–H groups in total. The van der Waals surface area contributed by atoms with Gasteiger partial charge in [0.1, 0.15) is 17.1 Å². The molecule has 4 nitrogen and oxygen atoms in total. The van der Waals surface area contributed by atoms with Crippen LogP contribution in [0.5, 0.6) is 11.5 Å². The maximum absolute atomic E-state index is 12.0. The zero-order valence-electron chi connectivity index (χ0n) is 10.8. The number of methoxy groups -OCH3 is 1. The van der Waals surface area contributed by atoms with Crippen LogP contribution >= 0.6 is 0 Å². The number of carbonyl (C=O) groups is 1. The molecule has 0 unspecified atom stereocenters. The number of esters is 1. The van der Waals surface area contributed by atoms with Crippen LogP contribution in [0.2, 0.25) is 0 Å². The summed E-state index contributed by atoms with van der Waals surface area (Å²) in [6, 6.07) is 3.49. The molecule has 0 saturated heterocycles. The number of carbonyl (C=O) groups excluding carboxylic acids is 1. The van der Waals surface area contributed by atoms with Crippen molar-refractivity contribution < 1.29 is 19.0 Å². The van der Waals surface area contributed by atoms with Crippen LogP contribution in [0.25, 0.3) is 0 Å². The predicted molar refractivity (Wildman–Crippen MR) is 67.0 cm³/mol. The average molecular weight is 248 g/mol. The van der Waals surface area contributed by atoms with E-state index in [4.69, 9.17) is 14.2 Å². The summed E-state index contributed by atoms with van der Waals surface area (Å²) >= 11 is 0. The van der Waals surface area contributed by atoms with Gasteiger partial charge in [0.15, 0.2) is 0 Å². The Labute approximate surface area is 106 Å². The van der Waals surface area contributed by atoms with E-state index in [2.05, 4.69) is 6.58 Å². The lowest BCUT2D eigenvalue weighted by Gasteiger charge is -2.32. The first-order valence-electron chi connectivity index (χ1n) is 5.71. The lowest BCUT2D eigenvalue weighted by atomic mass is 10.0. The normalized spacial score (nSPS) is 16.3. The van der Waals surface area contributed by atoms with Crippen molar-refractivity contribution in [3.05, 3.63) is 35.9 Å². The van der Waals surface area contributed by atoms with Gasteiger partial charge in [0.2, 0.25) is 5.79 Å². The fraction of sp³-hybridized carbons (Fsp3) is 0.357. The smallest absolute Gasteiger partial charge is 0.345 e. The van der Waals surface area contributed by atoms with Crippen LogP contribution in [-0.2, 0) is 11.2 Å². The fourth-order valence-corrected chi connectivity index (χ4v) is 1.95. The topological polar surface area (TPSA) is 44.8 Å². The number of fused-ring (bicyclic) bond motifs is 1. The van der Waals surface area contributed by atoms with Crippen LogP contribution < -0.4 is 9.47 Å². The number of allylic oxidation sites excluding steroid dienone is 1. The lowest BCUT2D eigenvalue weighted by Crippen LogP contribution is -2.39. The molecule has 18 heavy (non-hydrogen) atoms. The van der Waals surface area contributed by atoms with Crippen molar-refractivity contribution in [1.82, 2.24) is 0 Å². The Morgan fingerprint density at radius 3 is 2.72 bits per heavy atom. The molecule has 1 aromatic carbocycles. The summed E-state index contributed by atoms with van der Waals surface area (Å²) in [4.78, 5) is 12.0. The highest BCUT2D eigenvalue weighted by atomic mass is 16.7. The maximum atomic E-state index is 12.0. The highest BCUT2D eigenvalue weighted by molar-refractivity contribution is 5.95. The van der Waals surface area contributed by atoms with Crippen LogP contribution in [0.3, 0.4) is 0 Å². The monoisotopic (exact) mass is 248 g/mol. The van der Waals surface area contributed by atoms with Gasteiger partial charge in [-0.25, -0.2) is 4.79 Å². The quantitative estimate of drug-likeness (QED) is 0.609. The Hall–Kier alpha value is -1.97. The van der Waals surface area contributed by atoms with E-state index in [1.54, 1.807) is 39.2 Å². The summed E-state index contributed by atoms with van der Waals surface area (Å²) in [7, 11) is 1.58. The molecule has 1 aromatic rings.